The predicted octanol–water partition coefficient (Wildman–Crippen LogP) is 5.80. The fourth-order valence-electron chi connectivity index (χ4n) is 5.14. The van der Waals surface area contributed by atoms with Crippen LogP contribution < -0.4 is 10.4 Å². The van der Waals surface area contributed by atoms with E-state index in [0.29, 0.717) is 26.1 Å². The monoisotopic (exact) mass is 514 g/mol. The maximum absolute atomic E-state index is 12.1. The second-order valence-electron chi connectivity index (χ2n) is 10.7. The van der Waals surface area contributed by atoms with Crippen LogP contribution in [0, 0.1) is 0 Å². The van der Waals surface area contributed by atoms with Gasteiger partial charge in [-0.3, -0.25) is 4.79 Å². The van der Waals surface area contributed by atoms with Crippen molar-refractivity contribution in [1.29, 1.82) is 0 Å². The second kappa shape index (κ2) is 12.5. The van der Waals surface area contributed by atoms with Crippen LogP contribution in [0.2, 0.25) is 5.04 Å². The van der Waals surface area contributed by atoms with Crippen LogP contribution in [0.1, 0.15) is 45.6 Å². The fourth-order valence-corrected chi connectivity index (χ4v) is 9.87. The zero-order valence-electron chi connectivity index (χ0n) is 22.1. The Balaban J connectivity index is 1.63. The number of hydrogen-bond acceptors (Lipinski definition) is 4. The van der Waals surface area contributed by atoms with Crippen LogP contribution in [0.5, 0.6) is 0 Å². The molecule has 4 nitrogen and oxygen atoms in total. The lowest BCUT2D eigenvalue weighted by Crippen LogP contribution is -2.67. The average molecular weight is 515 g/mol. The van der Waals surface area contributed by atoms with E-state index in [0.717, 1.165) is 12.0 Å². The number of allylic oxidation sites excluding steroid dienone is 1. The van der Waals surface area contributed by atoms with Crippen LogP contribution in [-0.4, -0.2) is 32.9 Å². The van der Waals surface area contributed by atoms with Gasteiger partial charge >= 0.3 is 0 Å². The molecule has 0 aromatic heterocycles. The molecule has 0 spiro atoms. The molecule has 0 N–H and O–H groups in total. The summed E-state index contributed by atoms with van der Waals surface area (Å²) in [7, 11) is -2.75. The van der Waals surface area contributed by atoms with Crippen LogP contribution >= 0.6 is 0 Å². The minimum atomic E-state index is -2.75. The Hall–Kier alpha value is -2.99. The quantitative estimate of drug-likeness (QED) is 0.240. The van der Waals surface area contributed by atoms with E-state index in [-0.39, 0.29) is 23.0 Å². The predicted molar refractivity (Wildman–Crippen MR) is 151 cm³/mol. The van der Waals surface area contributed by atoms with Gasteiger partial charge in [0, 0.05) is 25.5 Å². The molecule has 5 heteroatoms. The highest BCUT2D eigenvalue weighted by molar-refractivity contribution is 6.99. The van der Waals surface area contributed by atoms with Gasteiger partial charge < -0.3 is 13.9 Å². The molecule has 0 saturated carbocycles. The molecule has 0 amide bonds. The molecule has 0 radical (unpaired) electrons. The Morgan fingerprint density at radius 1 is 0.892 bits per heavy atom. The van der Waals surface area contributed by atoms with Crippen molar-refractivity contribution < 1.29 is 18.7 Å². The molecule has 1 aliphatic heterocycles. The van der Waals surface area contributed by atoms with Gasteiger partial charge in [-0.05, 0) is 27.4 Å². The van der Waals surface area contributed by atoms with Crippen LogP contribution in [0.3, 0.4) is 0 Å². The first kappa shape index (κ1) is 27.1. The number of benzene rings is 3. The summed E-state index contributed by atoms with van der Waals surface area (Å²) in [6.45, 7) is 7.98. The minimum Gasteiger partial charge on any atom is -0.497 e. The highest BCUT2D eigenvalue weighted by Gasteiger charge is 2.51. The SMILES string of the molecule is CC(C)(C)[Si](O[C@@H](CCOCc1ccccc1)C[C@H]1CC(=O)C=CO1)(c1ccccc1)c1ccccc1. The average Bonchev–Trinajstić information content (AvgIpc) is 2.90. The first-order chi connectivity index (χ1) is 17.9. The maximum Gasteiger partial charge on any atom is 0.261 e. The summed E-state index contributed by atoms with van der Waals surface area (Å²) < 4.78 is 19.4. The van der Waals surface area contributed by atoms with Crippen molar-refractivity contribution in [1.82, 2.24) is 0 Å². The van der Waals surface area contributed by atoms with Crippen LogP contribution in [0.15, 0.2) is 103 Å². The molecule has 0 fully saturated rings. The van der Waals surface area contributed by atoms with Crippen molar-refractivity contribution in [2.75, 3.05) is 6.61 Å². The normalized spacial score (nSPS) is 16.8. The first-order valence-electron chi connectivity index (χ1n) is 13.1. The molecular formula is C32H38O4Si. The third-order valence-electron chi connectivity index (χ3n) is 6.94. The summed E-state index contributed by atoms with van der Waals surface area (Å²) in [5.74, 6) is 0.0979. The zero-order chi connectivity index (χ0) is 26.1. The lowest BCUT2D eigenvalue weighted by Gasteiger charge is -2.45. The van der Waals surface area contributed by atoms with Gasteiger partial charge in [0.1, 0.15) is 6.10 Å². The van der Waals surface area contributed by atoms with Crippen molar-refractivity contribution in [2.45, 2.75) is 63.9 Å². The Kier molecular flexibility index (Phi) is 9.14. The van der Waals surface area contributed by atoms with Crippen LogP contribution in [0.25, 0.3) is 0 Å². The molecule has 194 valence electrons. The summed E-state index contributed by atoms with van der Waals surface area (Å²) in [5, 5.41) is 2.34. The molecule has 0 bridgehead atoms. The summed E-state index contributed by atoms with van der Waals surface area (Å²) >= 11 is 0. The van der Waals surface area contributed by atoms with E-state index in [1.54, 1.807) is 0 Å². The van der Waals surface area contributed by atoms with E-state index in [1.165, 1.54) is 22.7 Å². The molecule has 0 unspecified atom stereocenters. The highest BCUT2D eigenvalue weighted by Crippen LogP contribution is 2.38. The number of rotatable bonds is 11. The smallest absolute Gasteiger partial charge is 0.261 e. The Bertz CT molecular complexity index is 1100. The number of carbonyl (C=O) groups excluding carboxylic acids is 1. The minimum absolute atomic E-state index is 0.0979. The molecule has 2 atom stereocenters. The van der Waals surface area contributed by atoms with Gasteiger partial charge in [-0.2, -0.15) is 0 Å². The Morgan fingerprint density at radius 2 is 1.46 bits per heavy atom. The first-order valence-corrected chi connectivity index (χ1v) is 15.0. The maximum atomic E-state index is 12.1. The van der Waals surface area contributed by atoms with Crippen molar-refractivity contribution >= 4 is 24.5 Å². The van der Waals surface area contributed by atoms with Crippen molar-refractivity contribution in [3.63, 3.8) is 0 Å². The summed E-state index contributed by atoms with van der Waals surface area (Å²) in [4.78, 5) is 12.1. The molecular weight excluding hydrogens is 476 g/mol. The van der Waals surface area contributed by atoms with E-state index >= 15 is 0 Å². The van der Waals surface area contributed by atoms with Crippen molar-refractivity contribution in [2.24, 2.45) is 0 Å². The van der Waals surface area contributed by atoms with Crippen molar-refractivity contribution in [3.05, 3.63) is 109 Å². The Labute approximate surface area is 222 Å². The van der Waals surface area contributed by atoms with Crippen molar-refractivity contribution in [3.8, 4) is 0 Å². The van der Waals surface area contributed by atoms with E-state index in [9.17, 15) is 4.79 Å². The number of ether oxygens (including phenoxy) is 2. The summed E-state index contributed by atoms with van der Waals surface area (Å²) in [5.41, 5.74) is 1.15. The van der Waals surface area contributed by atoms with Gasteiger partial charge in [0.25, 0.3) is 8.32 Å². The van der Waals surface area contributed by atoms with Crippen LogP contribution in [0.4, 0.5) is 0 Å². The third-order valence-corrected chi connectivity index (χ3v) is 12.0. The largest absolute Gasteiger partial charge is 0.497 e. The van der Waals surface area contributed by atoms with Gasteiger partial charge in [0.15, 0.2) is 5.78 Å². The number of carbonyl (C=O) groups is 1. The molecule has 4 rings (SSSR count). The van der Waals surface area contributed by atoms with E-state index in [4.69, 9.17) is 13.9 Å². The van der Waals surface area contributed by atoms with Gasteiger partial charge in [0.2, 0.25) is 0 Å². The number of hydrogen-bond donors (Lipinski definition) is 0. The summed E-state index contributed by atoms with van der Waals surface area (Å²) in [6, 6.07) is 31.5. The molecule has 1 aliphatic rings. The lowest BCUT2D eigenvalue weighted by molar-refractivity contribution is -0.118. The molecule has 3 aromatic carbocycles. The van der Waals surface area contributed by atoms with Gasteiger partial charge in [-0.25, -0.2) is 0 Å². The highest BCUT2D eigenvalue weighted by atomic mass is 28.4. The lowest BCUT2D eigenvalue weighted by atomic mass is 10.0. The van der Waals surface area contributed by atoms with E-state index in [2.05, 4.69) is 93.6 Å². The molecule has 0 aliphatic carbocycles. The van der Waals surface area contributed by atoms with E-state index < -0.39 is 8.32 Å². The van der Waals surface area contributed by atoms with Crippen LogP contribution in [-0.2, 0) is 25.3 Å². The topological polar surface area (TPSA) is 44.8 Å². The Morgan fingerprint density at radius 3 is 2.00 bits per heavy atom. The van der Waals surface area contributed by atoms with E-state index in [1.807, 2.05) is 18.2 Å². The van der Waals surface area contributed by atoms with Gasteiger partial charge in [-0.1, -0.05) is 112 Å². The zero-order valence-corrected chi connectivity index (χ0v) is 23.1. The van der Waals surface area contributed by atoms with Gasteiger partial charge in [-0.15, -0.1) is 0 Å². The standard InChI is InChI=1S/C32H38O4Si/c1-32(2,3)37(30-15-9-5-10-16-30,31-17-11-6-12-18-31)36-28(24-29-23-27(33)19-22-35-29)20-21-34-25-26-13-7-4-8-14-26/h4-19,22,28-29H,20-21,23-25H2,1-3H3/t28-,29+/m0/s1. The summed E-state index contributed by atoms with van der Waals surface area (Å²) in [6.07, 6.45) is 4.44. The molecule has 0 saturated heterocycles. The molecule has 3 aromatic rings. The molecule has 1 heterocycles. The second-order valence-corrected chi connectivity index (χ2v) is 14.9. The fraction of sp³-hybridized carbons (Fsp3) is 0.344. The number of ketones is 1. The van der Waals surface area contributed by atoms with Gasteiger partial charge in [0.05, 0.1) is 19.0 Å². The third kappa shape index (κ3) is 6.86. The molecule has 37 heavy (non-hydrogen) atoms.